The molecule has 1 aromatic carbocycles. The minimum Gasteiger partial charge on any atom is -0.493 e. The second-order valence-electron chi connectivity index (χ2n) is 7.09. The van der Waals surface area contributed by atoms with Crippen molar-refractivity contribution in [3.63, 3.8) is 0 Å². The third-order valence-electron chi connectivity index (χ3n) is 5.00. The minimum atomic E-state index is -0.0653. The molecule has 0 spiro atoms. The number of amides is 2. The number of nitrogens with one attached hydrogen (secondary N) is 1. The van der Waals surface area contributed by atoms with Gasteiger partial charge in [0, 0.05) is 50.4 Å². The maximum Gasteiger partial charge on any atom is 0.226 e. The zero-order valence-corrected chi connectivity index (χ0v) is 16.3. The molecule has 2 amide bonds. The highest BCUT2D eigenvalue weighted by molar-refractivity contribution is 5.91. The highest BCUT2D eigenvalue weighted by atomic mass is 16.5. The Kier molecular flexibility index (Phi) is 7.00. The highest BCUT2D eigenvalue weighted by Gasteiger charge is 2.26. The fraction of sp³-hybridized carbons (Fsp3) is 0.409. The Bertz CT molecular complexity index is 777. The molecule has 2 heterocycles. The number of benzene rings is 1. The van der Waals surface area contributed by atoms with Gasteiger partial charge in [0.25, 0.3) is 0 Å². The number of nitrogens with zero attached hydrogens (tertiary/aromatic N) is 2. The number of carbonyl (C=O) groups is 2. The van der Waals surface area contributed by atoms with Crippen LogP contribution in [0, 0.1) is 0 Å². The van der Waals surface area contributed by atoms with Crippen LogP contribution < -0.4 is 10.1 Å². The summed E-state index contributed by atoms with van der Waals surface area (Å²) in [5, 5.41) is 2.92. The lowest BCUT2D eigenvalue weighted by Gasteiger charge is -2.34. The van der Waals surface area contributed by atoms with Crippen molar-refractivity contribution in [1.82, 2.24) is 9.88 Å². The van der Waals surface area contributed by atoms with Gasteiger partial charge in [-0.3, -0.25) is 14.6 Å². The first kappa shape index (κ1) is 19.9. The van der Waals surface area contributed by atoms with E-state index in [9.17, 15) is 9.59 Å². The summed E-state index contributed by atoms with van der Waals surface area (Å²) >= 11 is 0. The van der Waals surface area contributed by atoms with E-state index in [1.807, 2.05) is 41.3 Å². The van der Waals surface area contributed by atoms with Crippen LogP contribution >= 0.6 is 0 Å². The third-order valence-corrected chi connectivity index (χ3v) is 5.00. The molecule has 6 nitrogen and oxygen atoms in total. The Hall–Kier alpha value is -2.89. The Morgan fingerprint density at radius 2 is 1.89 bits per heavy atom. The lowest BCUT2D eigenvalue weighted by atomic mass is 9.99. The van der Waals surface area contributed by atoms with Gasteiger partial charge in [0.1, 0.15) is 5.75 Å². The number of rotatable bonds is 7. The predicted molar refractivity (Wildman–Crippen MR) is 108 cm³/mol. The van der Waals surface area contributed by atoms with E-state index in [-0.39, 0.29) is 17.9 Å². The first-order valence-electron chi connectivity index (χ1n) is 9.80. The van der Waals surface area contributed by atoms with Gasteiger partial charge in [-0.15, -0.1) is 0 Å². The van der Waals surface area contributed by atoms with Crippen LogP contribution in [0.25, 0.3) is 0 Å². The molecule has 1 aliphatic heterocycles. The van der Waals surface area contributed by atoms with E-state index < -0.39 is 0 Å². The van der Waals surface area contributed by atoms with Crippen molar-refractivity contribution in [3.8, 4) is 5.75 Å². The van der Waals surface area contributed by atoms with E-state index in [4.69, 9.17) is 4.74 Å². The number of piperidine rings is 1. The molecule has 148 valence electrons. The first-order chi connectivity index (χ1) is 13.6. The average Bonchev–Trinajstić information content (AvgIpc) is 2.70. The zero-order valence-electron chi connectivity index (χ0n) is 16.3. The summed E-state index contributed by atoms with van der Waals surface area (Å²) in [4.78, 5) is 29.9. The van der Waals surface area contributed by atoms with Crippen LogP contribution in [0.3, 0.4) is 0 Å². The molecule has 1 unspecified atom stereocenters. The van der Waals surface area contributed by atoms with Crippen molar-refractivity contribution >= 4 is 17.5 Å². The SMILES string of the molecule is CC(=O)N1CCCCC1CC(=O)Nc1ccc(OCCc2ccncc2)cc1. The van der Waals surface area contributed by atoms with Gasteiger partial charge in [-0.05, 0) is 61.2 Å². The molecule has 0 aliphatic carbocycles. The fourth-order valence-electron chi connectivity index (χ4n) is 3.52. The summed E-state index contributed by atoms with van der Waals surface area (Å²) in [5.41, 5.74) is 1.91. The lowest BCUT2D eigenvalue weighted by Crippen LogP contribution is -2.44. The largest absolute Gasteiger partial charge is 0.493 e. The molecular weight excluding hydrogens is 354 g/mol. The van der Waals surface area contributed by atoms with Gasteiger partial charge < -0.3 is 15.0 Å². The first-order valence-corrected chi connectivity index (χ1v) is 9.80. The topological polar surface area (TPSA) is 71.5 Å². The molecule has 28 heavy (non-hydrogen) atoms. The van der Waals surface area contributed by atoms with Crippen LogP contribution in [-0.4, -0.2) is 40.9 Å². The van der Waals surface area contributed by atoms with Crippen LogP contribution in [0.5, 0.6) is 5.75 Å². The average molecular weight is 381 g/mol. The van der Waals surface area contributed by atoms with Crippen LogP contribution in [0.4, 0.5) is 5.69 Å². The van der Waals surface area contributed by atoms with Crippen molar-refractivity contribution in [3.05, 3.63) is 54.4 Å². The summed E-state index contributed by atoms with van der Waals surface area (Å²) in [6, 6.07) is 11.3. The second kappa shape index (κ2) is 9.88. The number of carbonyl (C=O) groups excluding carboxylic acids is 2. The molecular formula is C22H27N3O3. The summed E-state index contributed by atoms with van der Waals surface area (Å²) in [7, 11) is 0. The molecule has 1 saturated heterocycles. The standard InChI is InChI=1S/C22H27N3O3/c1-17(26)25-14-3-2-4-20(25)16-22(27)24-19-5-7-21(8-6-19)28-15-11-18-9-12-23-13-10-18/h5-10,12-13,20H,2-4,11,14-16H2,1H3,(H,24,27). The zero-order chi connectivity index (χ0) is 19.8. The number of hydrogen-bond donors (Lipinski definition) is 1. The second-order valence-corrected chi connectivity index (χ2v) is 7.09. The molecule has 1 aromatic heterocycles. The summed E-state index contributed by atoms with van der Waals surface area (Å²) < 4.78 is 5.75. The molecule has 3 rings (SSSR count). The van der Waals surface area contributed by atoms with E-state index >= 15 is 0 Å². The van der Waals surface area contributed by atoms with Gasteiger partial charge >= 0.3 is 0 Å². The number of anilines is 1. The molecule has 1 atom stereocenters. The van der Waals surface area contributed by atoms with Crippen molar-refractivity contribution in [2.75, 3.05) is 18.5 Å². The van der Waals surface area contributed by atoms with Crippen LogP contribution in [-0.2, 0) is 16.0 Å². The number of ether oxygens (including phenoxy) is 1. The van der Waals surface area contributed by atoms with E-state index in [2.05, 4.69) is 10.3 Å². The fourth-order valence-corrected chi connectivity index (χ4v) is 3.52. The van der Waals surface area contributed by atoms with Gasteiger partial charge in [0.05, 0.1) is 6.61 Å². The molecule has 1 fully saturated rings. The smallest absolute Gasteiger partial charge is 0.226 e. The summed E-state index contributed by atoms with van der Waals surface area (Å²) in [6.45, 7) is 2.90. The van der Waals surface area contributed by atoms with E-state index in [0.29, 0.717) is 13.0 Å². The van der Waals surface area contributed by atoms with Crippen LogP contribution in [0.15, 0.2) is 48.8 Å². The maximum atomic E-state index is 12.4. The monoisotopic (exact) mass is 381 g/mol. The normalized spacial score (nSPS) is 16.5. The van der Waals surface area contributed by atoms with Crippen LogP contribution in [0.2, 0.25) is 0 Å². The highest BCUT2D eigenvalue weighted by Crippen LogP contribution is 2.21. The molecule has 0 bridgehead atoms. The number of aromatic nitrogens is 1. The molecule has 1 N–H and O–H groups in total. The Morgan fingerprint density at radius 3 is 2.61 bits per heavy atom. The molecule has 0 radical (unpaired) electrons. The van der Waals surface area contributed by atoms with Crippen molar-refractivity contribution in [2.45, 2.75) is 45.1 Å². The number of hydrogen-bond acceptors (Lipinski definition) is 4. The van der Waals surface area contributed by atoms with E-state index in [0.717, 1.165) is 43.7 Å². The summed E-state index contributed by atoms with van der Waals surface area (Å²) in [5.74, 6) is 0.748. The van der Waals surface area contributed by atoms with Crippen molar-refractivity contribution in [2.24, 2.45) is 0 Å². The predicted octanol–water partition coefficient (Wildman–Crippen LogP) is 3.43. The van der Waals surface area contributed by atoms with Gasteiger partial charge in [-0.1, -0.05) is 0 Å². The Balaban J connectivity index is 1.45. The van der Waals surface area contributed by atoms with E-state index in [1.165, 1.54) is 5.56 Å². The molecule has 0 saturated carbocycles. The van der Waals surface area contributed by atoms with Crippen molar-refractivity contribution < 1.29 is 14.3 Å². The Morgan fingerprint density at radius 1 is 1.14 bits per heavy atom. The van der Waals surface area contributed by atoms with E-state index in [1.54, 1.807) is 19.3 Å². The van der Waals surface area contributed by atoms with Crippen molar-refractivity contribution in [1.29, 1.82) is 0 Å². The third kappa shape index (κ3) is 5.81. The van der Waals surface area contributed by atoms with Gasteiger partial charge in [-0.2, -0.15) is 0 Å². The van der Waals surface area contributed by atoms with Gasteiger partial charge in [-0.25, -0.2) is 0 Å². The summed E-state index contributed by atoms with van der Waals surface area (Å²) in [6.07, 6.45) is 7.66. The van der Waals surface area contributed by atoms with Gasteiger partial charge in [0.15, 0.2) is 0 Å². The molecule has 1 aliphatic rings. The number of likely N-dealkylation sites (tertiary alicyclic amines) is 1. The van der Waals surface area contributed by atoms with Crippen LogP contribution in [0.1, 0.15) is 38.2 Å². The molecule has 2 aromatic rings. The number of pyridine rings is 1. The maximum absolute atomic E-state index is 12.4. The Labute approximate surface area is 165 Å². The molecule has 6 heteroatoms. The minimum absolute atomic E-state index is 0.00189. The lowest BCUT2D eigenvalue weighted by molar-refractivity contribution is -0.133. The van der Waals surface area contributed by atoms with Gasteiger partial charge in [0.2, 0.25) is 11.8 Å². The quantitative estimate of drug-likeness (QED) is 0.798.